The van der Waals surface area contributed by atoms with Crippen LogP contribution in [0, 0.1) is 11.8 Å². The highest BCUT2D eigenvalue weighted by molar-refractivity contribution is 5.24. The highest BCUT2D eigenvalue weighted by atomic mass is 16.5. The standard InChI is InChI=1S/C23H36O2/c1-3-4-18-7-12-21(13-8-18)23-16-11-20(17-25-23)6-5-19-9-14-22(24-2)15-10-19/h7-8,12-13,19-20,22-23H,3-6,9-11,14-17H2,1-2H3. The first kappa shape index (κ1) is 18.9. The van der Waals surface area contributed by atoms with Crippen LogP contribution in [0.2, 0.25) is 0 Å². The van der Waals surface area contributed by atoms with E-state index in [1.54, 1.807) is 0 Å². The van der Waals surface area contributed by atoms with Crippen LogP contribution in [0.3, 0.4) is 0 Å². The zero-order valence-electron chi connectivity index (χ0n) is 16.2. The molecule has 0 aromatic heterocycles. The van der Waals surface area contributed by atoms with Gasteiger partial charge in [0.15, 0.2) is 0 Å². The van der Waals surface area contributed by atoms with Gasteiger partial charge in [0.25, 0.3) is 0 Å². The number of rotatable bonds is 7. The second-order valence-electron chi connectivity index (χ2n) is 8.21. The molecule has 1 aromatic carbocycles. The van der Waals surface area contributed by atoms with E-state index in [-0.39, 0.29) is 0 Å². The smallest absolute Gasteiger partial charge is 0.0825 e. The fraction of sp³-hybridized carbons (Fsp3) is 0.739. The Hall–Kier alpha value is -0.860. The first-order chi connectivity index (χ1) is 12.3. The molecule has 2 atom stereocenters. The van der Waals surface area contributed by atoms with Gasteiger partial charge < -0.3 is 9.47 Å². The van der Waals surface area contributed by atoms with E-state index in [2.05, 4.69) is 31.2 Å². The molecular formula is C23H36O2. The van der Waals surface area contributed by atoms with Crippen molar-refractivity contribution < 1.29 is 9.47 Å². The number of hydrogen-bond acceptors (Lipinski definition) is 2. The molecule has 140 valence electrons. The van der Waals surface area contributed by atoms with Gasteiger partial charge in [-0.25, -0.2) is 0 Å². The van der Waals surface area contributed by atoms with Crippen molar-refractivity contribution in [1.82, 2.24) is 0 Å². The summed E-state index contributed by atoms with van der Waals surface area (Å²) >= 11 is 0. The third kappa shape index (κ3) is 5.56. The van der Waals surface area contributed by atoms with Gasteiger partial charge in [0.05, 0.1) is 18.8 Å². The summed E-state index contributed by atoms with van der Waals surface area (Å²) in [6.07, 6.45) is 13.7. The van der Waals surface area contributed by atoms with Crippen molar-refractivity contribution in [3.8, 4) is 0 Å². The summed E-state index contributed by atoms with van der Waals surface area (Å²) in [5.41, 5.74) is 2.82. The van der Waals surface area contributed by atoms with E-state index in [0.29, 0.717) is 12.2 Å². The molecule has 2 fully saturated rings. The Labute approximate surface area is 154 Å². The summed E-state index contributed by atoms with van der Waals surface area (Å²) in [4.78, 5) is 0. The lowest BCUT2D eigenvalue weighted by atomic mass is 9.81. The third-order valence-corrected chi connectivity index (χ3v) is 6.37. The lowest BCUT2D eigenvalue weighted by Crippen LogP contribution is -2.23. The Morgan fingerprint density at radius 1 is 0.920 bits per heavy atom. The molecule has 1 saturated heterocycles. The van der Waals surface area contributed by atoms with Gasteiger partial charge in [-0.1, -0.05) is 44.0 Å². The molecule has 25 heavy (non-hydrogen) atoms. The zero-order chi connectivity index (χ0) is 17.5. The molecule has 2 unspecified atom stereocenters. The molecule has 1 aromatic rings. The molecule has 0 N–H and O–H groups in total. The maximum atomic E-state index is 6.23. The summed E-state index contributed by atoms with van der Waals surface area (Å²) < 4.78 is 11.7. The second-order valence-corrected chi connectivity index (χ2v) is 8.21. The van der Waals surface area contributed by atoms with Crippen LogP contribution >= 0.6 is 0 Å². The van der Waals surface area contributed by atoms with Gasteiger partial charge in [-0.2, -0.15) is 0 Å². The van der Waals surface area contributed by atoms with E-state index in [0.717, 1.165) is 18.4 Å². The summed E-state index contributed by atoms with van der Waals surface area (Å²) in [5, 5.41) is 0. The van der Waals surface area contributed by atoms with E-state index in [4.69, 9.17) is 9.47 Å². The number of aryl methyl sites for hydroxylation is 1. The molecule has 2 nitrogen and oxygen atoms in total. The number of methoxy groups -OCH3 is 1. The molecule has 0 radical (unpaired) electrons. The van der Waals surface area contributed by atoms with Gasteiger partial charge in [-0.3, -0.25) is 0 Å². The molecule has 0 spiro atoms. The molecular weight excluding hydrogens is 308 g/mol. The first-order valence-corrected chi connectivity index (χ1v) is 10.5. The molecule has 1 aliphatic carbocycles. The van der Waals surface area contributed by atoms with Crippen LogP contribution in [-0.2, 0) is 15.9 Å². The summed E-state index contributed by atoms with van der Waals surface area (Å²) in [6, 6.07) is 9.13. The van der Waals surface area contributed by atoms with Gasteiger partial charge >= 0.3 is 0 Å². The van der Waals surface area contributed by atoms with Crippen LogP contribution in [0.4, 0.5) is 0 Å². The van der Waals surface area contributed by atoms with E-state index in [1.165, 1.54) is 75.3 Å². The number of hydrogen-bond donors (Lipinski definition) is 0. The molecule has 1 heterocycles. The Bertz CT molecular complexity index is 479. The van der Waals surface area contributed by atoms with Crippen LogP contribution < -0.4 is 0 Å². The second kappa shape index (κ2) is 9.73. The predicted octanol–water partition coefficient (Wildman–Crippen LogP) is 6.09. The van der Waals surface area contributed by atoms with Crippen molar-refractivity contribution in [3.63, 3.8) is 0 Å². The number of ether oxygens (including phenoxy) is 2. The van der Waals surface area contributed by atoms with E-state index < -0.39 is 0 Å². The molecule has 1 saturated carbocycles. The Morgan fingerprint density at radius 3 is 2.20 bits per heavy atom. The topological polar surface area (TPSA) is 18.5 Å². The maximum absolute atomic E-state index is 6.23. The van der Waals surface area contributed by atoms with Gasteiger partial charge in [0.1, 0.15) is 0 Å². The first-order valence-electron chi connectivity index (χ1n) is 10.5. The highest BCUT2D eigenvalue weighted by Gasteiger charge is 2.25. The lowest BCUT2D eigenvalue weighted by molar-refractivity contribution is -0.0218. The fourth-order valence-electron chi connectivity index (χ4n) is 4.61. The fourth-order valence-corrected chi connectivity index (χ4v) is 4.61. The average molecular weight is 345 g/mol. The molecule has 1 aliphatic heterocycles. The molecule has 2 heteroatoms. The molecule has 2 aliphatic rings. The van der Waals surface area contributed by atoms with Crippen LogP contribution in [0.25, 0.3) is 0 Å². The van der Waals surface area contributed by atoms with E-state index in [1.807, 2.05) is 7.11 Å². The minimum Gasteiger partial charge on any atom is -0.381 e. The van der Waals surface area contributed by atoms with Crippen molar-refractivity contribution in [2.45, 2.75) is 83.3 Å². The Balaban J connectivity index is 1.37. The van der Waals surface area contributed by atoms with Crippen LogP contribution in [0.1, 0.15) is 81.9 Å². The van der Waals surface area contributed by atoms with Crippen molar-refractivity contribution in [3.05, 3.63) is 35.4 Å². The van der Waals surface area contributed by atoms with Crippen molar-refractivity contribution >= 4 is 0 Å². The van der Waals surface area contributed by atoms with Gasteiger partial charge in [-0.15, -0.1) is 0 Å². The minimum atomic E-state index is 0.323. The normalized spacial score (nSPS) is 30.3. The molecule has 0 amide bonds. The monoisotopic (exact) mass is 344 g/mol. The average Bonchev–Trinajstić information content (AvgIpc) is 2.68. The third-order valence-electron chi connectivity index (χ3n) is 6.37. The number of benzene rings is 1. The highest BCUT2D eigenvalue weighted by Crippen LogP contribution is 2.35. The largest absolute Gasteiger partial charge is 0.381 e. The Morgan fingerprint density at radius 2 is 1.60 bits per heavy atom. The van der Waals surface area contributed by atoms with Gasteiger partial charge in [-0.05, 0) is 74.3 Å². The summed E-state index contributed by atoms with van der Waals surface area (Å²) in [5.74, 6) is 1.70. The van der Waals surface area contributed by atoms with Crippen molar-refractivity contribution in [1.29, 1.82) is 0 Å². The van der Waals surface area contributed by atoms with Gasteiger partial charge in [0, 0.05) is 7.11 Å². The zero-order valence-corrected chi connectivity index (χ0v) is 16.2. The minimum absolute atomic E-state index is 0.323. The summed E-state index contributed by atoms with van der Waals surface area (Å²) in [7, 11) is 1.86. The van der Waals surface area contributed by atoms with E-state index >= 15 is 0 Å². The van der Waals surface area contributed by atoms with Gasteiger partial charge in [0.2, 0.25) is 0 Å². The van der Waals surface area contributed by atoms with Crippen LogP contribution in [0.5, 0.6) is 0 Å². The van der Waals surface area contributed by atoms with E-state index in [9.17, 15) is 0 Å². The summed E-state index contributed by atoms with van der Waals surface area (Å²) in [6.45, 7) is 3.19. The van der Waals surface area contributed by atoms with Crippen LogP contribution in [-0.4, -0.2) is 19.8 Å². The maximum Gasteiger partial charge on any atom is 0.0825 e. The lowest BCUT2D eigenvalue weighted by Gasteiger charge is -2.32. The SMILES string of the molecule is CCCc1ccc(C2CCC(CCC3CCC(OC)CC3)CO2)cc1. The molecule has 3 rings (SSSR count). The van der Waals surface area contributed by atoms with Crippen molar-refractivity contribution in [2.24, 2.45) is 11.8 Å². The molecule has 0 bridgehead atoms. The van der Waals surface area contributed by atoms with Crippen molar-refractivity contribution in [2.75, 3.05) is 13.7 Å². The predicted molar refractivity (Wildman–Crippen MR) is 104 cm³/mol. The van der Waals surface area contributed by atoms with Crippen LogP contribution in [0.15, 0.2) is 24.3 Å². The quantitative estimate of drug-likeness (QED) is 0.595. The Kier molecular flexibility index (Phi) is 7.36.